The Morgan fingerprint density at radius 1 is 1.56 bits per heavy atom. The average Bonchev–Trinajstić information content (AvgIpc) is 2.25. The first kappa shape index (κ1) is 12.8. The molecule has 1 aromatic carbocycles. The molecule has 0 atom stereocenters. The Labute approximate surface area is 101 Å². The van der Waals surface area contributed by atoms with Gasteiger partial charge >= 0.3 is 5.97 Å². The van der Waals surface area contributed by atoms with Crippen LogP contribution in [0.2, 0.25) is 0 Å². The van der Waals surface area contributed by atoms with Crippen LogP contribution >= 0.6 is 23.2 Å². The van der Waals surface area contributed by atoms with Gasteiger partial charge in [-0.05, 0) is 12.1 Å². The molecular weight excluding hydrogens is 258 g/mol. The summed E-state index contributed by atoms with van der Waals surface area (Å²) in [5.74, 6) is -2.36. The van der Waals surface area contributed by atoms with E-state index in [2.05, 4.69) is 0 Å². The van der Waals surface area contributed by atoms with E-state index in [0.717, 1.165) is 11.6 Å². The first-order valence-electron chi connectivity index (χ1n) is 4.15. The largest absolute Gasteiger partial charge is 0.487 e. The minimum atomic E-state index is -1.40. The van der Waals surface area contributed by atoms with Gasteiger partial charge in [0.2, 0.25) is 0 Å². The highest BCUT2D eigenvalue weighted by Gasteiger charge is 2.16. The van der Waals surface area contributed by atoms with E-state index < -0.39 is 17.3 Å². The van der Waals surface area contributed by atoms with Gasteiger partial charge in [-0.25, -0.2) is 9.18 Å². The van der Waals surface area contributed by atoms with Crippen molar-refractivity contribution in [1.29, 1.82) is 0 Å². The SMILES string of the molecule is O=C(O)c1c(F)cccc1OC/C(Cl)=C/Cl. The van der Waals surface area contributed by atoms with Gasteiger partial charge in [-0.2, -0.15) is 0 Å². The first-order valence-corrected chi connectivity index (χ1v) is 4.97. The molecule has 0 spiro atoms. The van der Waals surface area contributed by atoms with Gasteiger partial charge in [0, 0.05) is 5.54 Å². The maximum absolute atomic E-state index is 13.2. The fraction of sp³-hybridized carbons (Fsp3) is 0.100. The maximum atomic E-state index is 13.2. The first-order chi connectivity index (χ1) is 7.56. The van der Waals surface area contributed by atoms with Gasteiger partial charge in [0.15, 0.2) is 0 Å². The molecule has 0 heterocycles. The third-order valence-electron chi connectivity index (χ3n) is 1.67. The van der Waals surface area contributed by atoms with Crippen molar-refractivity contribution in [3.8, 4) is 5.75 Å². The van der Waals surface area contributed by atoms with Crippen LogP contribution in [0.25, 0.3) is 0 Å². The summed E-state index contributed by atoms with van der Waals surface area (Å²) < 4.78 is 18.2. The number of hydrogen-bond donors (Lipinski definition) is 1. The van der Waals surface area contributed by atoms with Crippen LogP contribution in [-0.2, 0) is 0 Å². The molecule has 0 aliphatic rings. The van der Waals surface area contributed by atoms with Gasteiger partial charge in [-0.15, -0.1) is 0 Å². The molecule has 0 unspecified atom stereocenters. The van der Waals surface area contributed by atoms with Gasteiger partial charge in [0.05, 0.1) is 5.03 Å². The van der Waals surface area contributed by atoms with Crippen molar-refractivity contribution >= 4 is 29.2 Å². The smallest absolute Gasteiger partial charge is 0.342 e. The summed E-state index contributed by atoms with van der Waals surface area (Å²) in [5, 5.41) is 8.96. The van der Waals surface area contributed by atoms with Crippen molar-refractivity contribution in [2.75, 3.05) is 6.61 Å². The molecule has 1 rings (SSSR count). The molecule has 1 aromatic rings. The second kappa shape index (κ2) is 5.72. The lowest BCUT2D eigenvalue weighted by Crippen LogP contribution is -2.06. The highest BCUT2D eigenvalue weighted by atomic mass is 35.5. The quantitative estimate of drug-likeness (QED) is 0.909. The Morgan fingerprint density at radius 2 is 2.25 bits per heavy atom. The number of aromatic carboxylic acids is 1. The Morgan fingerprint density at radius 3 is 2.81 bits per heavy atom. The lowest BCUT2D eigenvalue weighted by atomic mass is 10.2. The van der Waals surface area contributed by atoms with Crippen LogP contribution in [-0.4, -0.2) is 17.7 Å². The molecule has 1 N–H and O–H groups in total. The highest BCUT2D eigenvalue weighted by molar-refractivity contribution is 6.36. The van der Waals surface area contributed by atoms with Gasteiger partial charge in [-0.1, -0.05) is 29.3 Å². The van der Waals surface area contributed by atoms with Crippen LogP contribution in [0.1, 0.15) is 10.4 Å². The zero-order valence-electron chi connectivity index (χ0n) is 7.91. The molecule has 3 nitrogen and oxygen atoms in total. The molecular formula is C10H7Cl2FO3. The summed E-state index contributed by atoms with van der Waals surface area (Å²) >= 11 is 10.8. The predicted molar refractivity (Wildman–Crippen MR) is 58.6 cm³/mol. The number of carboxylic acid groups (broad SMARTS) is 1. The topological polar surface area (TPSA) is 46.5 Å². The minimum Gasteiger partial charge on any atom is -0.487 e. The molecule has 0 bridgehead atoms. The van der Waals surface area contributed by atoms with Crippen LogP contribution in [0.4, 0.5) is 4.39 Å². The van der Waals surface area contributed by atoms with Crippen LogP contribution < -0.4 is 4.74 Å². The molecule has 0 aliphatic heterocycles. The van der Waals surface area contributed by atoms with E-state index in [0.29, 0.717) is 0 Å². The van der Waals surface area contributed by atoms with Crippen molar-refractivity contribution in [3.63, 3.8) is 0 Å². The molecule has 16 heavy (non-hydrogen) atoms. The summed E-state index contributed by atoms with van der Waals surface area (Å²) in [6.45, 7) is -0.116. The van der Waals surface area contributed by atoms with Crippen molar-refractivity contribution in [1.82, 2.24) is 0 Å². The highest BCUT2D eigenvalue weighted by Crippen LogP contribution is 2.22. The number of carboxylic acids is 1. The summed E-state index contributed by atoms with van der Waals surface area (Å²) in [6.07, 6.45) is 0. The minimum absolute atomic E-state index is 0.0934. The molecule has 0 radical (unpaired) electrons. The Hall–Kier alpha value is -1.26. The molecule has 0 fully saturated rings. The van der Waals surface area contributed by atoms with Gasteiger partial charge in [0.25, 0.3) is 0 Å². The van der Waals surface area contributed by atoms with E-state index in [-0.39, 0.29) is 17.4 Å². The molecule has 0 aliphatic carbocycles. The third kappa shape index (κ3) is 3.12. The summed E-state index contributed by atoms with van der Waals surface area (Å²) in [7, 11) is 0. The fourth-order valence-electron chi connectivity index (χ4n) is 1.01. The Balaban J connectivity index is 2.96. The van der Waals surface area contributed by atoms with Crippen LogP contribution in [0.3, 0.4) is 0 Å². The lowest BCUT2D eigenvalue weighted by molar-refractivity contribution is 0.0687. The van der Waals surface area contributed by atoms with Crippen LogP contribution in [0, 0.1) is 5.82 Å². The van der Waals surface area contributed by atoms with Crippen LogP contribution in [0.5, 0.6) is 5.75 Å². The molecule has 0 amide bonds. The summed E-state index contributed by atoms with van der Waals surface area (Å²) in [6, 6.07) is 3.72. The van der Waals surface area contributed by atoms with Gasteiger partial charge in [-0.3, -0.25) is 0 Å². The number of halogens is 3. The second-order valence-electron chi connectivity index (χ2n) is 2.76. The van der Waals surface area contributed by atoms with Gasteiger partial charge in [0.1, 0.15) is 23.7 Å². The van der Waals surface area contributed by atoms with Crippen molar-refractivity contribution in [2.24, 2.45) is 0 Å². The van der Waals surface area contributed by atoms with E-state index in [1.165, 1.54) is 12.1 Å². The van der Waals surface area contributed by atoms with Gasteiger partial charge < -0.3 is 9.84 Å². The predicted octanol–water partition coefficient (Wildman–Crippen LogP) is 3.22. The number of benzene rings is 1. The Bertz CT molecular complexity index is 432. The summed E-state index contributed by atoms with van der Waals surface area (Å²) in [4.78, 5) is 10.8. The monoisotopic (exact) mass is 264 g/mol. The van der Waals surface area contributed by atoms with E-state index in [4.69, 9.17) is 33.0 Å². The third-order valence-corrected chi connectivity index (χ3v) is 2.27. The van der Waals surface area contributed by atoms with Crippen molar-refractivity contribution in [3.05, 3.63) is 40.1 Å². The number of hydrogen-bond acceptors (Lipinski definition) is 2. The molecule has 0 aromatic heterocycles. The normalized spacial score (nSPS) is 11.3. The fourth-order valence-corrected chi connectivity index (χ4v) is 1.13. The van der Waals surface area contributed by atoms with E-state index in [1.54, 1.807) is 0 Å². The summed E-state index contributed by atoms with van der Waals surface area (Å²) in [5.41, 5.74) is 0.558. The average molecular weight is 265 g/mol. The van der Waals surface area contributed by atoms with E-state index >= 15 is 0 Å². The lowest BCUT2D eigenvalue weighted by Gasteiger charge is -2.08. The zero-order valence-corrected chi connectivity index (χ0v) is 9.43. The number of rotatable bonds is 4. The van der Waals surface area contributed by atoms with E-state index in [9.17, 15) is 9.18 Å². The van der Waals surface area contributed by atoms with E-state index in [1.807, 2.05) is 0 Å². The standard InChI is InChI=1S/C10H7Cl2FO3/c11-4-6(12)5-16-8-3-1-2-7(13)9(8)10(14)15/h1-4H,5H2,(H,14,15)/b6-4-. The second-order valence-corrected chi connectivity index (χ2v) is 3.47. The van der Waals surface area contributed by atoms with Crippen molar-refractivity contribution in [2.45, 2.75) is 0 Å². The van der Waals surface area contributed by atoms with Crippen LogP contribution in [0.15, 0.2) is 28.8 Å². The molecule has 0 saturated carbocycles. The number of ether oxygens (including phenoxy) is 1. The molecule has 0 saturated heterocycles. The van der Waals surface area contributed by atoms with Crippen molar-refractivity contribution < 1.29 is 19.0 Å². The zero-order chi connectivity index (χ0) is 12.1. The maximum Gasteiger partial charge on any atom is 0.342 e. The molecule has 86 valence electrons. The molecule has 6 heteroatoms. The number of carbonyl (C=O) groups is 1. The Kier molecular flexibility index (Phi) is 4.58.